The van der Waals surface area contributed by atoms with Gasteiger partial charge in [-0.3, -0.25) is 0 Å². The second-order valence-electron chi connectivity index (χ2n) is 5.97. The smallest absolute Gasteiger partial charge is 0.122 e. The van der Waals surface area contributed by atoms with Gasteiger partial charge in [-0.05, 0) is 37.8 Å². The van der Waals surface area contributed by atoms with E-state index in [1.165, 1.54) is 12.0 Å². The second kappa shape index (κ2) is 5.51. The van der Waals surface area contributed by atoms with Crippen molar-refractivity contribution in [3.8, 4) is 5.75 Å². The zero-order valence-electron chi connectivity index (χ0n) is 11.7. The molecule has 0 spiro atoms. The third-order valence-electron chi connectivity index (χ3n) is 4.30. The molecule has 0 bridgehead atoms. The minimum Gasteiger partial charge on any atom is -0.493 e. The summed E-state index contributed by atoms with van der Waals surface area (Å²) in [6, 6.07) is 8.42. The van der Waals surface area contributed by atoms with Crippen LogP contribution in [0.3, 0.4) is 0 Å². The predicted molar refractivity (Wildman–Crippen MR) is 75.8 cm³/mol. The van der Waals surface area contributed by atoms with Gasteiger partial charge in [-0.1, -0.05) is 18.2 Å². The lowest BCUT2D eigenvalue weighted by Crippen LogP contribution is -2.50. The summed E-state index contributed by atoms with van der Waals surface area (Å²) in [5.41, 5.74) is 1.49. The molecule has 2 unspecified atom stereocenters. The topological polar surface area (TPSA) is 30.5 Å². The van der Waals surface area contributed by atoms with E-state index in [0.717, 1.165) is 45.0 Å². The quantitative estimate of drug-likeness (QED) is 0.907. The number of benzene rings is 1. The number of hydrogen-bond acceptors (Lipinski definition) is 3. The molecule has 2 atom stereocenters. The van der Waals surface area contributed by atoms with Crippen molar-refractivity contribution in [1.29, 1.82) is 0 Å². The molecule has 0 aromatic heterocycles. The first kappa shape index (κ1) is 12.9. The highest BCUT2D eigenvalue weighted by Gasteiger charge is 2.29. The zero-order chi connectivity index (χ0) is 13.1. The molecule has 19 heavy (non-hydrogen) atoms. The summed E-state index contributed by atoms with van der Waals surface area (Å²) < 4.78 is 11.3. The van der Waals surface area contributed by atoms with Crippen LogP contribution in [0.25, 0.3) is 0 Å². The van der Waals surface area contributed by atoms with Crippen LogP contribution in [0, 0.1) is 0 Å². The predicted octanol–water partition coefficient (Wildman–Crippen LogP) is 2.71. The van der Waals surface area contributed by atoms with Gasteiger partial charge in [-0.15, -0.1) is 0 Å². The third-order valence-corrected chi connectivity index (χ3v) is 4.30. The largest absolute Gasteiger partial charge is 0.493 e. The lowest BCUT2D eigenvalue weighted by Gasteiger charge is -2.36. The Hall–Kier alpha value is -1.06. The number of para-hydroxylation sites is 1. The maximum absolute atomic E-state index is 5.72. The molecule has 3 rings (SSSR count). The SMILES string of the molecule is CC1(NCC2CCOc3ccccc32)CCCOC1. The van der Waals surface area contributed by atoms with Crippen LogP contribution in [0.1, 0.15) is 37.7 Å². The van der Waals surface area contributed by atoms with E-state index < -0.39 is 0 Å². The van der Waals surface area contributed by atoms with Crippen molar-refractivity contribution in [1.82, 2.24) is 5.32 Å². The zero-order valence-corrected chi connectivity index (χ0v) is 11.7. The van der Waals surface area contributed by atoms with E-state index in [4.69, 9.17) is 9.47 Å². The van der Waals surface area contributed by atoms with Crippen molar-refractivity contribution in [3.63, 3.8) is 0 Å². The molecular formula is C16H23NO2. The average molecular weight is 261 g/mol. The van der Waals surface area contributed by atoms with Crippen molar-refractivity contribution < 1.29 is 9.47 Å². The Balaban J connectivity index is 1.64. The number of fused-ring (bicyclic) bond motifs is 1. The van der Waals surface area contributed by atoms with Crippen LogP contribution in [-0.4, -0.2) is 31.9 Å². The Kier molecular flexibility index (Phi) is 3.76. The summed E-state index contributed by atoms with van der Waals surface area (Å²) in [4.78, 5) is 0. The Morgan fingerprint density at radius 2 is 2.21 bits per heavy atom. The fraction of sp³-hybridized carbons (Fsp3) is 0.625. The first-order valence-corrected chi connectivity index (χ1v) is 7.31. The Morgan fingerprint density at radius 3 is 3.05 bits per heavy atom. The minimum atomic E-state index is 0.144. The van der Waals surface area contributed by atoms with Gasteiger partial charge >= 0.3 is 0 Å². The molecule has 1 fully saturated rings. The summed E-state index contributed by atoms with van der Waals surface area (Å²) >= 11 is 0. The van der Waals surface area contributed by atoms with Crippen LogP contribution in [0.4, 0.5) is 0 Å². The van der Waals surface area contributed by atoms with Gasteiger partial charge in [0.15, 0.2) is 0 Å². The number of hydrogen-bond donors (Lipinski definition) is 1. The van der Waals surface area contributed by atoms with Crippen molar-refractivity contribution >= 4 is 0 Å². The standard InChI is InChI=1S/C16H23NO2/c1-16(8-4-9-18-12-16)17-11-13-7-10-19-15-6-3-2-5-14(13)15/h2-3,5-6,13,17H,4,7-12H2,1H3. The molecule has 2 heterocycles. The molecule has 0 amide bonds. The lowest BCUT2D eigenvalue weighted by atomic mass is 9.90. The maximum Gasteiger partial charge on any atom is 0.122 e. The number of ether oxygens (including phenoxy) is 2. The van der Waals surface area contributed by atoms with Gasteiger partial charge < -0.3 is 14.8 Å². The van der Waals surface area contributed by atoms with Gasteiger partial charge in [0.25, 0.3) is 0 Å². The first-order valence-electron chi connectivity index (χ1n) is 7.31. The Morgan fingerprint density at radius 1 is 1.32 bits per heavy atom. The molecule has 1 aromatic rings. The second-order valence-corrected chi connectivity index (χ2v) is 5.97. The van der Waals surface area contributed by atoms with E-state index in [9.17, 15) is 0 Å². The minimum absolute atomic E-state index is 0.144. The van der Waals surface area contributed by atoms with Gasteiger partial charge in [0.1, 0.15) is 5.75 Å². The van der Waals surface area contributed by atoms with Gasteiger partial charge in [-0.25, -0.2) is 0 Å². The molecule has 104 valence electrons. The Labute approximate surface area is 115 Å². The van der Waals surface area contributed by atoms with Gasteiger partial charge in [0.05, 0.1) is 13.2 Å². The third kappa shape index (κ3) is 2.93. The van der Waals surface area contributed by atoms with E-state index in [1.807, 2.05) is 6.07 Å². The van der Waals surface area contributed by atoms with Crippen molar-refractivity contribution in [2.75, 3.05) is 26.4 Å². The van der Waals surface area contributed by atoms with Crippen LogP contribution >= 0.6 is 0 Å². The van der Waals surface area contributed by atoms with E-state index in [2.05, 4.69) is 30.4 Å². The van der Waals surface area contributed by atoms with Crippen molar-refractivity contribution in [3.05, 3.63) is 29.8 Å². The summed E-state index contributed by atoms with van der Waals surface area (Å²) in [5.74, 6) is 1.62. The summed E-state index contributed by atoms with van der Waals surface area (Å²) in [6.07, 6.45) is 3.46. The lowest BCUT2D eigenvalue weighted by molar-refractivity contribution is 0.0275. The molecule has 1 aromatic carbocycles. The molecule has 1 N–H and O–H groups in total. The first-order chi connectivity index (χ1) is 9.27. The maximum atomic E-state index is 5.72. The highest BCUT2D eigenvalue weighted by molar-refractivity contribution is 5.37. The van der Waals surface area contributed by atoms with E-state index in [-0.39, 0.29) is 5.54 Å². The number of rotatable bonds is 3. The summed E-state index contributed by atoms with van der Waals surface area (Å²) in [7, 11) is 0. The molecule has 3 nitrogen and oxygen atoms in total. The highest BCUT2D eigenvalue weighted by atomic mass is 16.5. The van der Waals surface area contributed by atoms with Crippen LogP contribution in [0.2, 0.25) is 0 Å². The number of nitrogens with one attached hydrogen (secondary N) is 1. The van der Waals surface area contributed by atoms with Crippen LogP contribution < -0.4 is 10.1 Å². The molecule has 2 aliphatic rings. The van der Waals surface area contributed by atoms with E-state index in [0.29, 0.717) is 5.92 Å². The van der Waals surface area contributed by atoms with Crippen LogP contribution in [-0.2, 0) is 4.74 Å². The molecular weight excluding hydrogens is 238 g/mol. The molecule has 0 radical (unpaired) electrons. The van der Waals surface area contributed by atoms with Gasteiger partial charge in [0.2, 0.25) is 0 Å². The van der Waals surface area contributed by atoms with E-state index in [1.54, 1.807) is 0 Å². The molecule has 3 heteroatoms. The van der Waals surface area contributed by atoms with Crippen LogP contribution in [0.5, 0.6) is 5.75 Å². The fourth-order valence-electron chi connectivity index (χ4n) is 3.07. The summed E-state index contributed by atoms with van der Waals surface area (Å²) in [5, 5.41) is 3.73. The average Bonchev–Trinajstić information content (AvgIpc) is 2.46. The fourth-order valence-corrected chi connectivity index (χ4v) is 3.07. The normalized spacial score (nSPS) is 30.5. The van der Waals surface area contributed by atoms with Crippen molar-refractivity contribution in [2.45, 2.75) is 37.6 Å². The van der Waals surface area contributed by atoms with Crippen molar-refractivity contribution in [2.24, 2.45) is 0 Å². The molecule has 2 aliphatic heterocycles. The van der Waals surface area contributed by atoms with Gasteiger partial charge in [0, 0.05) is 24.6 Å². The van der Waals surface area contributed by atoms with E-state index >= 15 is 0 Å². The monoisotopic (exact) mass is 261 g/mol. The molecule has 1 saturated heterocycles. The van der Waals surface area contributed by atoms with Crippen LogP contribution in [0.15, 0.2) is 24.3 Å². The highest BCUT2D eigenvalue weighted by Crippen LogP contribution is 2.33. The van der Waals surface area contributed by atoms with Gasteiger partial charge in [-0.2, -0.15) is 0 Å². The summed E-state index contributed by atoms with van der Waals surface area (Å²) in [6.45, 7) is 5.86. The molecule has 0 aliphatic carbocycles. The molecule has 0 saturated carbocycles. The Bertz CT molecular complexity index is 427.